The topological polar surface area (TPSA) is 21.3 Å². The molecule has 2 unspecified atom stereocenters. The summed E-state index contributed by atoms with van der Waals surface area (Å²) in [7, 11) is 1.79. The predicted octanol–water partition coefficient (Wildman–Crippen LogP) is 1.17. The van der Waals surface area contributed by atoms with Gasteiger partial charge in [0.15, 0.2) is 0 Å². The highest BCUT2D eigenvalue weighted by atomic mass is 16.5. The van der Waals surface area contributed by atoms with E-state index >= 15 is 0 Å². The average Bonchev–Trinajstić information content (AvgIpc) is 2.53. The highest BCUT2D eigenvalue weighted by molar-refractivity contribution is 4.86. The van der Waals surface area contributed by atoms with Gasteiger partial charge in [-0.3, -0.25) is 0 Å². The molecule has 1 rings (SSSR count). The zero-order valence-electron chi connectivity index (χ0n) is 7.68. The molecular formula is C10H17NO. The molecule has 0 saturated heterocycles. The van der Waals surface area contributed by atoms with Crippen LogP contribution in [0.4, 0.5) is 0 Å². The molecule has 2 nitrogen and oxygen atoms in total. The molecule has 1 saturated carbocycles. The van der Waals surface area contributed by atoms with Crippen molar-refractivity contribution >= 4 is 0 Å². The van der Waals surface area contributed by atoms with E-state index < -0.39 is 0 Å². The van der Waals surface area contributed by atoms with Gasteiger partial charge >= 0.3 is 0 Å². The first kappa shape index (κ1) is 9.57. The van der Waals surface area contributed by atoms with E-state index in [0.717, 1.165) is 19.4 Å². The Labute approximate surface area is 74.7 Å². The summed E-state index contributed by atoms with van der Waals surface area (Å²) in [5, 5.41) is 3.42. The van der Waals surface area contributed by atoms with E-state index in [1.54, 1.807) is 7.11 Å². The van der Waals surface area contributed by atoms with Gasteiger partial charge < -0.3 is 10.1 Å². The van der Waals surface area contributed by atoms with Gasteiger partial charge in [0, 0.05) is 26.1 Å². The minimum Gasteiger partial charge on any atom is -0.381 e. The molecular weight excluding hydrogens is 150 g/mol. The summed E-state index contributed by atoms with van der Waals surface area (Å²) in [4.78, 5) is 0. The Morgan fingerprint density at radius 1 is 1.58 bits per heavy atom. The number of methoxy groups -OCH3 is 1. The SMILES string of the molecule is C#CCCNC1CCC(OC)C1. The van der Waals surface area contributed by atoms with Crippen molar-refractivity contribution in [1.29, 1.82) is 0 Å². The van der Waals surface area contributed by atoms with Crippen LogP contribution in [0.25, 0.3) is 0 Å². The smallest absolute Gasteiger partial charge is 0.0586 e. The average molecular weight is 167 g/mol. The third kappa shape index (κ3) is 2.84. The molecule has 0 heterocycles. The van der Waals surface area contributed by atoms with Gasteiger partial charge in [-0.15, -0.1) is 12.3 Å². The molecule has 12 heavy (non-hydrogen) atoms. The maximum atomic E-state index is 5.27. The zero-order chi connectivity index (χ0) is 8.81. The van der Waals surface area contributed by atoms with Crippen molar-refractivity contribution in [3.05, 3.63) is 0 Å². The van der Waals surface area contributed by atoms with Gasteiger partial charge in [0.1, 0.15) is 0 Å². The molecule has 1 N–H and O–H groups in total. The second-order valence-corrected chi connectivity index (χ2v) is 3.28. The van der Waals surface area contributed by atoms with Crippen LogP contribution in [0.15, 0.2) is 0 Å². The van der Waals surface area contributed by atoms with Crippen molar-refractivity contribution in [1.82, 2.24) is 5.32 Å². The quantitative estimate of drug-likeness (QED) is 0.501. The fourth-order valence-corrected chi connectivity index (χ4v) is 1.69. The van der Waals surface area contributed by atoms with E-state index in [1.165, 1.54) is 12.8 Å². The van der Waals surface area contributed by atoms with E-state index in [1.807, 2.05) is 0 Å². The molecule has 2 heteroatoms. The summed E-state index contributed by atoms with van der Waals surface area (Å²) in [6, 6.07) is 0.628. The number of hydrogen-bond acceptors (Lipinski definition) is 2. The lowest BCUT2D eigenvalue weighted by Gasteiger charge is -2.11. The number of hydrogen-bond donors (Lipinski definition) is 1. The van der Waals surface area contributed by atoms with Crippen LogP contribution in [-0.2, 0) is 4.74 Å². The van der Waals surface area contributed by atoms with Crippen LogP contribution < -0.4 is 5.32 Å². The Morgan fingerprint density at radius 3 is 3.00 bits per heavy atom. The maximum absolute atomic E-state index is 5.27. The Hall–Kier alpha value is -0.520. The van der Waals surface area contributed by atoms with Crippen molar-refractivity contribution < 1.29 is 4.74 Å². The van der Waals surface area contributed by atoms with Crippen molar-refractivity contribution in [2.24, 2.45) is 0 Å². The molecule has 0 aromatic carbocycles. The molecule has 0 aromatic rings. The maximum Gasteiger partial charge on any atom is 0.0586 e. The van der Waals surface area contributed by atoms with E-state index in [0.29, 0.717) is 12.1 Å². The largest absolute Gasteiger partial charge is 0.381 e. The molecule has 0 bridgehead atoms. The molecule has 0 aromatic heterocycles. The van der Waals surface area contributed by atoms with Gasteiger partial charge in [0.05, 0.1) is 6.10 Å². The third-order valence-electron chi connectivity index (χ3n) is 2.42. The number of nitrogens with one attached hydrogen (secondary N) is 1. The summed E-state index contributed by atoms with van der Waals surface area (Å²) < 4.78 is 5.27. The van der Waals surface area contributed by atoms with E-state index in [9.17, 15) is 0 Å². The minimum atomic E-state index is 0.466. The van der Waals surface area contributed by atoms with Crippen LogP contribution in [0.2, 0.25) is 0 Å². The second kappa shape index (κ2) is 5.18. The van der Waals surface area contributed by atoms with Crippen molar-refractivity contribution in [2.45, 2.75) is 37.8 Å². The first-order valence-corrected chi connectivity index (χ1v) is 4.56. The fourth-order valence-electron chi connectivity index (χ4n) is 1.69. The Kier molecular flexibility index (Phi) is 4.13. The van der Waals surface area contributed by atoms with Crippen molar-refractivity contribution in [3.8, 4) is 12.3 Å². The predicted molar refractivity (Wildman–Crippen MR) is 49.9 cm³/mol. The van der Waals surface area contributed by atoms with Crippen LogP contribution in [0.3, 0.4) is 0 Å². The van der Waals surface area contributed by atoms with Gasteiger partial charge in [-0.2, -0.15) is 0 Å². The lowest BCUT2D eigenvalue weighted by Crippen LogP contribution is -2.27. The summed E-state index contributed by atoms with van der Waals surface area (Å²) in [6.45, 7) is 0.942. The first-order chi connectivity index (χ1) is 5.86. The number of terminal acetylenes is 1. The third-order valence-corrected chi connectivity index (χ3v) is 2.42. The van der Waals surface area contributed by atoms with Gasteiger partial charge in [0.25, 0.3) is 0 Å². The summed E-state index contributed by atoms with van der Waals surface area (Å²) in [5.41, 5.74) is 0. The van der Waals surface area contributed by atoms with Gasteiger partial charge in [-0.05, 0) is 19.3 Å². The number of ether oxygens (including phenoxy) is 1. The fraction of sp³-hybridized carbons (Fsp3) is 0.800. The Bertz CT molecular complexity index is 162. The van der Waals surface area contributed by atoms with Crippen LogP contribution in [0, 0.1) is 12.3 Å². The highest BCUT2D eigenvalue weighted by Gasteiger charge is 2.23. The van der Waals surface area contributed by atoms with Crippen molar-refractivity contribution in [2.75, 3.05) is 13.7 Å². The standard InChI is InChI=1S/C10H17NO/c1-3-4-7-11-9-5-6-10(8-9)12-2/h1,9-11H,4-8H2,2H3. The normalized spacial score (nSPS) is 28.7. The molecule has 2 atom stereocenters. The van der Waals surface area contributed by atoms with E-state index in [2.05, 4.69) is 11.2 Å². The molecule has 0 spiro atoms. The Morgan fingerprint density at radius 2 is 2.42 bits per heavy atom. The lowest BCUT2D eigenvalue weighted by molar-refractivity contribution is 0.107. The lowest BCUT2D eigenvalue weighted by atomic mass is 10.2. The molecule has 1 aliphatic rings. The summed E-state index contributed by atoms with van der Waals surface area (Å²) in [5.74, 6) is 2.62. The van der Waals surface area contributed by atoms with E-state index in [-0.39, 0.29) is 0 Å². The van der Waals surface area contributed by atoms with Gasteiger partial charge in [0.2, 0.25) is 0 Å². The number of rotatable bonds is 4. The monoisotopic (exact) mass is 167 g/mol. The van der Waals surface area contributed by atoms with Crippen LogP contribution in [0.1, 0.15) is 25.7 Å². The van der Waals surface area contributed by atoms with Crippen LogP contribution in [-0.4, -0.2) is 25.8 Å². The molecule has 1 aliphatic carbocycles. The molecule has 0 amide bonds. The Balaban J connectivity index is 2.07. The highest BCUT2D eigenvalue weighted by Crippen LogP contribution is 2.20. The van der Waals surface area contributed by atoms with Crippen LogP contribution in [0.5, 0.6) is 0 Å². The molecule has 0 radical (unpaired) electrons. The van der Waals surface area contributed by atoms with E-state index in [4.69, 9.17) is 11.2 Å². The minimum absolute atomic E-state index is 0.466. The second-order valence-electron chi connectivity index (χ2n) is 3.28. The van der Waals surface area contributed by atoms with Gasteiger partial charge in [-0.1, -0.05) is 0 Å². The molecule has 68 valence electrons. The molecule has 1 fully saturated rings. The van der Waals surface area contributed by atoms with Gasteiger partial charge in [-0.25, -0.2) is 0 Å². The molecule has 0 aliphatic heterocycles. The first-order valence-electron chi connectivity index (χ1n) is 4.56. The van der Waals surface area contributed by atoms with Crippen molar-refractivity contribution in [3.63, 3.8) is 0 Å². The van der Waals surface area contributed by atoms with Crippen LogP contribution >= 0.6 is 0 Å². The summed E-state index contributed by atoms with van der Waals surface area (Å²) in [6.07, 6.45) is 10.00. The zero-order valence-corrected chi connectivity index (χ0v) is 7.68. The summed E-state index contributed by atoms with van der Waals surface area (Å²) >= 11 is 0.